The van der Waals surface area contributed by atoms with Gasteiger partial charge in [-0.15, -0.1) is 0 Å². The van der Waals surface area contributed by atoms with E-state index in [2.05, 4.69) is 28.8 Å². The Hall–Kier alpha value is -2.37. The van der Waals surface area contributed by atoms with Crippen LogP contribution in [0.5, 0.6) is 0 Å². The van der Waals surface area contributed by atoms with Crippen LogP contribution in [0.1, 0.15) is 47.8 Å². The van der Waals surface area contributed by atoms with Crippen molar-refractivity contribution in [1.82, 2.24) is 19.7 Å². The molecule has 0 saturated carbocycles. The zero-order valence-corrected chi connectivity index (χ0v) is 15.4. The number of hydrogen-bond acceptors (Lipinski definition) is 4. The number of aryl methyl sites for hydroxylation is 1. The van der Waals surface area contributed by atoms with Crippen molar-refractivity contribution < 1.29 is 4.79 Å². The van der Waals surface area contributed by atoms with Gasteiger partial charge >= 0.3 is 0 Å². The summed E-state index contributed by atoms with van der Waals surface area (Å²) in [5.74, 6) is 0.929. The molecule has 1 aliphatic rings. The normalized spacial score (nSPS) is 14.6. The Kier molecular flexibility index (Phi) is 5.36. The molecular formula is C19H27N5O. The molecule has 0 aliphatic carbocycles. The molecule has 6 heteroatoms. The Morgan fingerprint density at radius 1 is 1.28 bits per heavy atom. The van der Waals surface area contributed by atoms with Gasteiger partial charge < -0.3 is 9.80 Å². The van der Waals surface area contributed by atoms with Gasteiger partial charge in [0.15, 0.2) is 0 Å². The number of carbonyl (C=O) groups excluding carboxylic acids is 1. The van der Waals surface area contributed by atoms with Gasteiger partial charge in [0.1, 0.15) is 5.82 Å². The Balaban J connectivity index is 1.73. The predicted octanol–water partition coefficient (Wildman–Crippen LogP) is 2.87. The minimum atomic E-state index is 0.117. The largest absolute Gasteiger partial charge is 0.355 e. The summed E-state index contributed by atoms with van der Waals surface area (Å²) in [6, 6.07) is 3.71. The van der Waals surface area contributed by atoms with Crippen molar-refractivity contribution >= 4 is 11.7 Å². The van der Waals surface area contributed by atoms with E-state index in [-0.39, 0.29) is 5.91 Å². The standard InChI is InChI=1S/C19H27N5O/c1-4-24-15(2)17(13-21-24)14-22(3)18-12-16(8-9-20-18)19(25)23-10-6-5-7-11-23/h8-9,12-13H,4-7,10-11,14H2,1-3H3. The predicted molar refractivity (Wildman–Crippen MR) is 98.7 cm³/mol. The van der Waals surface area contributed by atoms with Crippen molar-refractivity contribution in [2.45, 2.75) is 46.2 Å². The van der Waals surface area contributed by atoms with Crippen molar-refractivity contribution in [3.05, 3.63) is 41.3 Å². The van der Waals surface area contributed by atoms with E-state index in [1.807, 2.05) is 35.0 Å². The maximum absolute atomic E-state index is 12.7. The van der Waals surface area contributed by atoms with E-state index in [0.29, 0.717) is 0 Å². The molecule has 3 rings (SSSR count). The van der Waals surface area contributed by atoms with Crippen LogP contribution in [0.2, 0.25) is 0 Å². The van der Waals surface area contributed by atoms with Crippen LogP contribution in [0.3, 0.4) is 0 Å². The molecule has 2 aromatic heterocycles. The molecule has 1 saturated heterocycles. The van der Waals surface area contributed by atoms with Gasteiger partial charge in [-0.1, -0.05) is 0 Å². The minimum Gasteiger partial charge on any atom is -0.355 e. The molecule has 0 unspecified atom stereocenters. The lowest BCUT2D eigenvalue weighted by Gasteiger charge is -2.27. The maximum atomic E-state index is 12.7. The quantitative estimate of drug-likeness (QED) is 0.839. The lowest BCUT2D eigenvalue weighted by atomic mass is 10.1. The number of nitrogens with zero attached hydrogens (tertiary/aromatic N) is 5. The van der Waals surface area contributed by atoms with Gasteiger partial charge in [0.2, 0.25) is 0 Å². The number of rotatable bonds is 5. The van der Waals surface area contributed by atoms with Crippen molar-refractivity contribution in [2.24, 2.45) is 0 Å². The van der Waals surface area contributed by atoms with Crippen LogP contribution in [-0.4, -0.2) is 45.7 Å². The van der Waals surface area contributed by atoms with Crippen molar-refractivity contribution in [3.8, 4) is 0 Å². The van der Waals surface area contributed by atoms with E-state index in [1.54, 1.807) is 6.20 Å². The number of anilines is 1. The fourth-order valence-electron chi connectivity index (χ4n) is 3.34. The molecule has 0 spiro atoms. The first-order chi connectivity index (χ1) is 12.1. The van der Waals surface area contributed by atoms with Crippen molar-refractivity contribution in [3.63, 3.8) is 0 Å². The number of carbonyl (C=O) groups is 1. The molecule has 0 radical (unpaired) electrons. The van der Waals surface area contributed by atoms with Crippen LogP contribution in [0.4, 0.5) is 5.82 Å². The first kappa shape index (κ1) is 17.5. The van der Waals surface area contributed by atoms with E-state index in [1.165, 1.54) is 17.7 Å². The van der Waals surface area contributed by atoms with Crippen LogP contribution < -0.4 is 4.90 Å². The summed E-state index contributed by atoms with van der Waals surface area (Å²) in [5, 5.41) is 4.40. The van der Waals surface area contributed by atoms with Gasteiger partial charge in [0.25, 0.3) is 5.91 Å². The molecule has 3 heterocycles. The zero-order valence-electron chi connectivity index (χ0n) is 15.4. The number of piperidine rings is 1. The summed E-state index contributed by atoms with van der Waals surface area (Å²) < 4.78 is 1.99. The average Bonchev–Trinajstić information content (AvgIpc) is 3.01. The Labute approximate surface area is 149 Å². The first-order valence-electron chi connectivity index (χ1n) is 9.08. The summed E-state index contributed by atoms with van der Waals surface area (Å²) >= 11 is 0. The molecule has 6 nitrogen and oxygen atoms in total. The number of amides is 1. The van der Waals surface area contributed by atoms with E-state index >= 15 is 0 Å². The molecule has 1 amide bonds. The topological polar surface area (TPSA) is 54.3 Å². The molecule has 0 N–H and O–H groups in total. The van der Waals surface area contributed by atoms with Crippen LogP contribution in [0, 0.1) is 6.92 Å². The summed E-state index contributed by atoms with van der Waals surface area (Å²) in [7, 11) is 2.00. The molecule has 0 bridgehead atoms. The van der Waals surface area contributed by atoms with Crippen LogP contribution in [0.15, 0.2) is 24.5 Å². The number of pyridine rings is 1. The molecule has 2 aromatic rings. The molecule has 1 fully saturated rings. The maximum Gasteiger partial charge on any atom is 0.254 e. The van der Waals surface area contributed by atoms with Gasteiger partial charge in [-0.05, 0) is 45.2 Å². The second-order valence-corrected chi connectivity index (χ2v) is 6.68. The highest BCUT2D eigenvalue weighted by Gasteiger charge is 2.19. The van der Waals surface area contributed by atoms with Crippen LogP contribution in [-0.2, 0) is 13.1 Å². The molecular weight excluding hydrogens is 314 g/mol. The summed E-state index contributed by atoms with van der Waals surface area (Å²) in [4.78, 5) is 21.2. The molecule has 25 heavy (non-hydrogen) atoms. The Morgan fingerprint density at radius 2 is 2.04 bits per heavy atom. The van der Waals surface area contributed by atoms with E-state index in [9.17, 15) is 4.79 Å². The van der Waals surface area contributed by atoms with Crippen molar-refractivity contribution in [2.75, 3.05) is 25.0 Å². The van der Waals surface area contributed by atoms with Crippen LogP contribution in [0.25, 0.3) is 0 Å². The SMILES string of the molecule is CCn1ncc(CN(C)c2cc(C(=O)N3CCCCC3)ccn2)c1C. The highest BCUT2D eigenvalue weighted by atomic mass is 16.2. The minimum absolute atomic E-state index is 0.117. The third-order valence-corrected chi connectivity index (χ3v) is 4.94. The highest BCUT2D eigenvalue weighted by molar-refractivity contribution is 5.94. The first-order valence-corrected chi connectivity index (χ1v) is 9.08. The fraction of sp³-hybridized carbons (Fsp3) is 0.526. The molecule has 134 valence electrons. The Morgan fingerprint density at radius 3 is 2.72 bits per heavy atom. The number of likely N-dealkylation sites (tertiary alicyclic amines) is 1. The molecule has 0 atom stereocenters. The number of hydrogen-bond donors (Lipinski definition) is 0. The Bertz CT molecular complexity index is 733. The highest BCUT2D eigenvalue weighted by Crippen LogP contribution is 2.19. The smallest absolute Gasteiger partial charge is 0.254 e. The van der Waals surface area contributed by atoms with E-state index < -0.39 is 0 Å². The van der Waals surface area contributed by atoms with Gasteiger partial charge in [0, 0.05) is 56.2 Å². The van der Waals surface area contributed by atoms with Gasteiger partial charge in [-0.2, -0.15) is 5.10 Å². The van der Waals surface area contributed by atoms with E-state index in [4.69, 9.17) is 0 Å². The van der Waals surface area contributed by atoms with E-state index in [0.717, 1.165) is 50.4 Å². The number of aromatic nitrogens is 3. The van der Waals surface area contributed by atoms with Crippen molar-refractivity contribution in [1.29, 1.82) is 0 Å². The molecule has 1 aliphatic heterocycles. The third-order valence-electron chi connectivity index (χ3n) is 4.94. The van der Waals surface area contributed by atoms with Gasteiger partial charge in [0.05, 0.1) is 6.20 Å². The lowest BCUT2D eigenvalue weighted by molar-refractivity contribution is 0.0724. The van der Waals surface area contributed by atoms with Gasteiger partial charge in [-0.3, -0.25) is 9.48 Å². The lowest BCUT2D eigenvalue weighted by Crippen LogP contribution is -2.35. The second-order valence-electron chi connectivity index (χ2n) is 6.68. The summed E-state index contributed by atoms with van der Waals surface area (Å²) in [5.41, 5.74) is 3.08. The van der Waals surface area contributed by atoms with Gasteiger partial charge in [-0.25, -0.2) is 4.98 Å². The third kappa shape index (κ3) is 3.83. The molecule has 0 aromatic carbocycles. The summed E-state index contributed by atoms with van der Waals surface area (Å²) in [6.45, 7) is 7.49. The summed E-state index contributed by atoms with van der Waals surface area (Å²) in [6.07, 6.45) is 7.07. The fourth-order valence-corrected chi connectivity index (χ4v) is 3.34. The van der Waals surface area contributed by atoms with Crippen LogP contribution >= 0.6 is 0 Å². The monoisotopic (exact) mass is 341 g/mol. The second kappa shape index (κ2) is 7.68. The average molecular weight is 341 g/mol. The zero-order chi connectivity index (χ0) is 17.8.